The van der Waals surface area contributed by atoms with Crippen molar-refractivity contribution in [3.8, 4) is 0 Å². The number of carboxylic acid groups (broad SMARTS) is 1. The van der Waals surface area contributed by atoms with E-state index in [0.717, 1.165) is 56.9 Å². The molecule has 0 aromatic rings. The van der Waals surface area contributed by atoms with Crippen molar-refractivity contribution in [2.24, 2.45) is 21.2 Å². The van der Waals surface area contributed by atoms with Crippen LogP contribution in [0.1, 0.15) is 301 Å². The number of hydrogen-bond donors (Lipinski definition) is 2. The zero-order valence-electron chi connectivity index (χ0n) is 60.3. The molecule has 0 saturated carbocycles. The van der Waals surface area contributed by atoms with E-state index in [2.05, 4.69) is 154 Å². The third kappa shape index (κ3) is 39.6. The number of esters is 2. The predicted molar refractivity (Wildman–Crippen MR) is 384 cm³/mol. The van der Waals surface area contributed by atoms with Crippen molar-refractivity contribution in [3.63, 3.8) is 0 Å². The molecule has 0 heterocycles. The summed E-state index contributed by atoms with van der Waals surface area (Å²) in [4.78, 5) is 50.4. The highest BCUT2D eigenvalue weighted by molar-refractivity contribution is 7.47. The number of carboxylic acids is 1. The molecule has 94 heavy (non-hydrogen) atoms. The molecule has 0 amide bonds. The van der Waals surface area contributed by atoms with Gasteiger partial charge in [0.15, 0.2) is 6.10 Å². The van der Waals surface area contributed by atoms with E-state index in [1.807, 2.05) is 6.21 Å². The summed E-state index contributed by atoms with van der Waals surface area (Å²) in [6.45, 7) is 24.2. The Morgan fingerprint density at radius 3 is 1.48 bits per heavy atom. The summed E-state index contributed by atoms with van der Waals surface area (Å²) < 4.78 is 67.2. The van der Waals surface area contributed by atoms with Gasteiger partial charge in [-0.2, -0.15) is 13.2 Å². The molecule has 534 valence electrons. The van der Waals surface area contributed by atoms with Crippen molar-refractivity contribution >= 4 is 31.9 Å². The van der Waals surface area contributed by atoms with Crippen molar-refractivity contribution < 1.29 is 60.6 Å². The Kier molecular flexibility index (Phi) is 43.8. The van der Waals surface area contributed by atoms with Crippen LogP contribution in [0.4, 0.5) is 13.2 Å². The first-order chi connectivity index (χ1) is 44.6. The molecule has 0 spiro atoms. The van der Waals surface area contributed by atoms with Gasteiger partial charge >= 0.3 is 31.9 Å². The number of allylic oxidation sites excluding steroid dienone is 20. The molecular weight excluding hydrogens is 1210 g/mol. The van der Waals surface area contributed by atoms with Crippen LogP contribution in [0, 0.1) is 16.2 Å². The summed E-state index contributed by atoms with van der Waals surface area (Å²) in [5.74, 6) is -3.59. The van der Waals surface area contributed by atoms with E-state index in [0.29, 0.717) is 6.42 Å². The molecule has 11 nitrogen and oxygen atoms in total. The molecule has 0 aromatic heterocycles. The molecule has 3 atom stereocenters. The van der Waals surface area contributed by atoms with Crippen LogP contribution in [0.3, 0.4) is 0 Å². The number of unbranched alkanes of at least 4 members (excludes halogenated alkanes) is 24. The number of nitrogens with zero attached hydrogens (tertiary/aromatic N) is 1. The van der Waals surface area contributed by atoms with Crippen molar-refractivity contribution in [1.82, 2.24) is 0 Å². The largest absolute Gasteiger partial charge is 0.490 e. The zero-order valence-corrected chi connectivity index (χ0v) is 61.2. The molecule has 3 unspecified atom stereocenters. The molecule has 0 bridgehead atoms. The summed E-state index contributed by atoms with van der Waals surface area (Å²) in [6, 6.07) is 0. The van der Waals surface area contributed by atoms with E-state index in [4.69, 9.17) is 28.4 Å². The minimum atomic E-state index is -5.08. The maximum Gasteiger partial charge on any atom is 0.490 e. The molecule has 0 fully saturated rings. The number of aliphatic imine (C=N–C) groups is 1. The van der Waals surface area contributed by atoms with Gasteiger partial charge in [0.1, 0.15) is 6.61 Å². The Hall–Kier alpha value is -4.62. The maximum atomic E-state index is 13.3. The number of alkyl halides is 3. The Morgan fingerprint density at radius 2 is 1.04 bits per heavy atom. The highest BCUT2D eigenvalue weighted by Crippen LogP contribution is 2.45. The number of halogens is 3. The van der Waals surface area contributed by atoms with Gasteiger partial charge in [-0.25, -0.2) is 9.36 Å². The monoisotopic (exact) mass is 1340 g/mol. The van der Waals surface area contributed by atoms with Crippen LogP contribution in [0.5, 0.6) is 0 Å². The number of hydrogen-bond acceptors (Lipinski definition) is 9. The number of aliphatic carboxylic acids is 1. The number of phosphoric ester groups is 1. The normalized spacial score (nSPS) is 19.1. The second-order valence-electron chi connectivity index (χ2n) is 28.2. The zero-order chi connectivity index (χ0) is 69.7. The topological polar surface area (TPSA) is 158 Å². The van der Waals surface area contributed by atoms with Crippen molar-refractivity contribution in [1.29, 1.82) is 0 Å². The minimum absolute atomic E-state index is 0.108. The Bertz CT molecular complexity index is 2630. The van der Waals surface area contributed by atoms with Crippen LogP contribution >= 0.6 is 7.82 Å². The second-order valence-corrected chi connectivity index (χ2v) is 29.7. The first-order valence-electron chi connectivity index (χ1n) is 36.3. The van der Waals surface area contributed by atoms with Crippen LogP contribution in [-0.4, -0.2) is 72.8 Å². The van der Waals surface area contributed by atoms with Gasteiger partial charge in [-0.15, -0.1) is 0 Å². The van der Waals surface area contributed by atoms with E-state index in [9.17, 15) is 32.2 Å². The molecule has 3 aliphatic rings. The molecule has 3 aliphatic carbocycles. The van der Waals surface area contributed by atoms with Crippen molar-refractivity contribution in [2.75, 3.05) is 26.4 Å². The third-order valence-corrected chi connectivity index (χ3v) is 19.4. The van der Waals surface area contributed by atoms with Gasteiger partial charge in [0, 0.05) is 24.5 Å². The van der Waals surface area contributed by atoms with Gasteiger partial charge in [0.05, 0.1) is 19.8 Å². The quantitative estimate of drug-likeness (QED) is 0.0198. The Morgan fingerprint density at radius 1 is 0.617 bits per heavy atom. The Balaban J connectivity index is 0.00000405. The van der Waals surface area contributed by atoms with E-state index >= 15 is 0 Å². The van der Waals surface area contributed by atoms with E-state index in [-0.39, 0.29) is 49.4 Å². The van der Waals surface area contributed by atoms with Gasteiger partial charge < -0.3 is 19.5 Å². The third-order valence-electron chi connectivity index (χ3n) is 18.4. The first-order valence-corrected chi connectivity index (χ1v) is 37.8. The van der Waals surface area contributed by atoms with Crippen LogP contribution in [0.15, 0.2) is 122 Å². The summed E-state index contributed by atoms with van der Waals surface area (Å²) in [5.41, 5.74) is 10.4. The highest BCUT2D eigenvalue weighted by Gasteiger charge is 2.38. The fourth-order valence-electron chi connectivity index (χ4n) is 12.5. The molecule has 0 radical (unpaired) electrons. The number of carbonyl (C=O) groups excluding carboxylic acids is 2. The minimum Gasteiger partial charge on any atom is -0.475 e. The average Bonchev–Trinajstić information content (AvgIpc) is 0.901. The predicted octanol–water partition coefficient (Wildman–Crippen LogP) is 23.7. The smallest absolute Gasteiger partial charge is 0.475 e. The number of phosphoric acid groups is 1. The molecule has 0 saturated heterocycles. The molecule has 0 aromatic carbocycles. The van der Waals surface area contributed by atoms with E-state index in [1.54, 1.807) is 0 Å². The molecule has 0 aliphatic heterocycles. The fourth-order valence-corrected chi connectivity index (χ4v) is 13.3. The average molecular weight is 1340 g/mol. The van der Waals surface area contributed by atoms with E-state index in [1.165, 1.54) is 193 Å². The van der Waals surface area contributed by atoms with Crippen LogP contribution in [0.25, 0.3) is 0 Å². The summed E-state index contributed by atoms with van der Waals surface area (Å²) in [6.07, 6.45) is 61.9. The summed E-state index contributed by atoms with van der Waals surface area (Å²) >= 11 is 0. The van der Waals surface area contributed by atoms with Gasteiger partial charge in [-0.1, -0.05) is 298 Å². The lowest BCUT2D eigenvalue weighted by atomic mass is 9.72. The van der Waals surface area contributed by atoms with Gasteiger partial charge in [-0.05, 0) is 119 Å². The van der Waals surface area contributed by atoms with Crippen molar-refractivity contribution in [3.05, 3.63) is 117 Å². The van der Waals surface area contributed by atoms with Crippen LogP contribution in [-0.2, 0) is 37.5 Å². The molecule has 3 rings (SSSR count). The number of rotatable bonds is 47. The van der Waals surface area contributed by atoms with Crippen LogP contribution in [0.2, 0.25) is 0 Å². The lowest BCUT2D eigenvalue weighted by Crippen LogP contribution is -2.29. The van der Waals surface area contributed by atoms with Gasteiger partial charge in [0.25, 0.3) is 0 Å². The lowest BCUT2D eigenvalue weighted by molar-refractivity contribution is -0.192. The Labute approximate surface area is 568 Å². The molecule has 2 N–H and O–H groups in total. The number of ether oxygens (including phenoxy) is 2. The van der Waals surface area contributed by atoms with E-state index < -0.39 is 44.1 Å². The van der Waals surface area contributed by atoms with Gasteiger partial charge in [0.2, 0.25) is 0 Å². The first kappa shape index (κ1) is 85.5. The summed E-state index contributed by atoms with van der Waals surface area (Å²) in [5, 5.41) is 7.12. The van der Waals surface area contributed by atoms with Crippen LogP contribution < -0.4 is 0 Å². The lowest BCUT2D eigenvalue weighted by Gasteiger charge is -2.33. The second kappa shape index (κ2) is 48.2. The van der Waals surface area contributed by atoms with Crippen molar-refractivity contribution in [2.45, 2.75) is 313 Å². The maximum absolute atomic E-state index is 13.3. The molecule has 15 heteroatoms. The SMILES string of the molecule is CCCCCCCCCCCCCCCC(=O)OCC(COP(=O)(O)OCCN=CC1=CC=C(/C=C/C=C(C)/C=C/C2=C(C)CCCC2(C)C)CC1(C)/C=C/C=C(C)/C=C/C1=C(C)CCCC1(C)C)OC(=O)CCCCCCCCCCCCCCC.O=C(O)C(F)(F)F. The summed E-state index contributed by atoms with van der Waals surface area (Å²) in [7, 11) is -4.60. The standard InChI is InChI=1S/C77H126NO8P.C2HF3O2/c1-12-14-16-18-20-22-24-26-28-30-32-34-36-47-73(79)83-62-70(86-74(80)48-37-35-33-31-29-27-25-23-21-19-17-15-13-2)63-85-87(81,82)84-59-58-78-61-69-52-51-68(46-38-42-64(3)49-53-71-66(5)44-40-55-75(71,7)8)60-77(69,11)57-39-43-65(4)50-54-72-67(6)45-41-56-76(72,9)10;3-2(4,5)1(6)7/h38-39,42-43,46,49-54,57,61,70H,12-37,40-41,44-45,47-48,55-56,58-60,62-63H2,1-11H3,(H,81,82);(H,6,7)/b46-38+,53-49+,54-50+,57-39+,64-42+,65-43+,78-61?;. The highest BCUT2D eigenvalue weighted by atomic mass is 31.2. The molecular formula is C79H127F3NO10P. The fraction of sp³-hybridized carbons (Fsp3) is 0.696. The number of carbonyl (C=O) groups is 3. The van der Waals surface area contributed by atoms with Gasteiger partial charge in [-0.3, -0.25) is 23.6 Å².